The SMILES string of the molecule is CCCNCCNC(=O)c1ccc(OCC2CCCO2)cc1.Cl. The first-order valence-corrected chi connectivity index (χ1v) is 8.13. The molecule has 1 aromatic rings. The van der Waals surface area contributed by atoms with Gasteiger partial charge in [0.15, 0.2) is 0 Å². The van der Waals surface area contributed by atoms with Gasteiger partial charge >= 0.3 is 0 Å². The fourth-order valence-electron chi connectivity index (χ4n) is 2.34. The minimum Gasteiger partial charge on any atom is -0.491 e. The summed E-state index contributed by atoms with van der Waals surface area (Å²) in [6, 6.07) is 7.25. The molecule has 1 atom stereocenters. The zero-order chi connectivity index (χ0) is 15.6. The van der Waals surface area contributed by atoms with Gasteiger partial charge < -0.3 is 20.1 Å². The Morgan fingerprint density at radius 1 is 1.26 bits per heavy atom. The van der Waals surface area contributed by atoms with Crippen molar-refractivity contribution in [1.82, 2.24) is 10.6 Å². The molecule has 0 radical (unpaired) electrons. The summed E-state index contributed by atoms with van der Waals surface area (Å²) in [6.45, 7) is 5.94. The zero-order valence-corrected chi connectivity index (χ0v) is 14.5. The van der Waals surface area contributed by atoms with E-state index in [1.165, 1.54) is 0 Å². The number of hydrogen-bond donors (Lipinski definition) is 2. The van der Waals surface area contributed by atoms with E-state index in [-0.39, 0.29) is 24.4 Å². The van der Waals surface area contributed by atoms with Gasteiger partial charge in [0.25, 0.3) is 5.91 Å². The third kappa shape index (κ3) is 7.20. The average Bonchev–Trinajstić information content (AvgIpc) is 3.06. The molecule has 2 N–H and O–H groups in total. The third-order valence-electron chi connectivity index (χ3n) is 3.59. The minimum atomic E-state index is -0.0519. The van der Waals surface area contributed by atoms with Crippen molar-refractivity contribution in [3.05, 3.63) is 29.8 Å². The van der Waals surface area contributed by atoms with Crippen molar-refractivity contribution in [2.24, 2.45) is 0 Å². The number of benzene rings is 1. The maximum absolute atomic E-state index is 12.0. The van der Waals surface area contributed by atoms with Crippen molar-refractivity contribution < 1.29 is 14.3 Å². The number of hydrogen-bond acceptors (Lipinski definition) is 4. The van der Waals surface area contributed by atoms with E-state index in [1.54, 1.807) is 12.1 Å². The van der Waals surface area contributed by atoms with Gasteiger partial charge in [-0.25, -0.2) is 0 Å². The van der Waals surface area contributed by atoms with E-state index >= 15 is 0 Å². The smallest absolute Gasteiger partial charge is 0.251 e. The van der Waals surface area contributed by atoms with Crippen molar-refractivity contribution in [3.8, 4) is 5.75 Å². The number of amides is 1. The lowest BCUT2D eigenvalue weighted by atomic mass is 10.2. The van der Waals surface area contributed by atoms with Crippen molar-refractivity contribution in [3.63, 3.8) is 0 Å². The van der Waals surface area contributed by atoms with Crippen LogP contribution in [0.2, 0.25) is 0 Å². The fourth-order valence-corrected chi connectivity index (χ4v) is 2.34. The fraction of sp³-hybridized carbons (Fsp3) is 0.588. The highest BCUT2D eigenvalue weighted by molar-refractivity contribution is 5.94. The first kappa shape index (κ1) is 19.7. The van der Waals surface area contributed by atoms with Crippen LogP contribution in [0, 0.1) is 0 Å². The van der Waals surface area contributed by atoms with Crippen molar-refractivity contribution >= 4 is 18.3 Å². The van der Waals surface area contributed by atoms with Crippen LogP contribution in [0.3, 0.4) is 0 Å². The van der Waals surface area contributed by atoms with Crippen molar-refractivity contribution in [2.45, 2.75) is 32.3 Å². The molecule has 0 aromatic heterocycles. The highest BCUT2D eigenvalue weighted by Crippen LogP contribution is 2.16. The van der Waals surface area contributed by atoms with E-state index in [4.69, 9.17) is 9.47 Å². The summed E-state index contributed by atoms with van der Waals surface area (Å²) >= 11 is 0. The van der Waals surface area contributed by atoms with Crippen LogP contribution >= 0.6 is 12.4 Å². The van der Waals surface area contributed by atoms with Crippen LogP contribution in [0.15, 0.2) is 24.3 Å². The molecule has 0 aliphatic carbocycles. The highest BCUT2D eigenvalue weighted by Gasteiger charge is 2.16. The molecular formula is C17H27ClN2O3. The standard InChI is InChI=1S/C17H26N2O3.ClH/c1-2-9-18-10-11-19-17(20)14-5-7-15(8-6-14)22-13-16-4-3-12-21-16;/h5-8,16,18H,2-4,9-13H2,1H3,(H,19,20);1H. The van der Waals surface area contributed by atoms with Gasteiger partial charge in [0.2, 0.25) is 0 Å². The molecule has 1 heterocycles. The van der Waals surface area contributed by atoms with Gasteiger partial charge in [-0.15, -0.1) is 12.4 Å². The monoisotopic (exact) mass is 342 g/mol. The van der Waals surface area contributed by atoms with Gasteiger partial charge in [0.1, 0.15) is 12.4 Å². The Bertz CT molecular complexity index is 448. The number of nitrogens with one attached hydrogen (secondary N) is 2. The summed E-state index contributed by atoms with van der Waals surface area (Å²) < 4.78 is 11.2. The normalized spacial score (nSPS) is 16.7. The molecule has 130 valence electrons. The summed E-state index contributed by atoms with van der Waals surface area (Å²) in [7, 11) is 0. The molecule has 0 spiro atoms. The molecule has 1 aromatic carbocycles. The Morgan fingerprint density at radius 3 is 2.70 bits per heavy atom. The Balaban J connectivity index is 0.00000264. The predicted octanol–water partition coefficient (Wildman–Crippen LogP) is 2.40. The lowest BCUT2D eigenvalue weighted by Gasteiger charge is -2.12. The van der Waals surface area contributed by atoms with Crippen molar-refractivity contribution in [1.29, 1.82) is 0 Å². The largest absolute Gasteiger partial charge is 0.491 e. The topological polar surface area (TPSA) is 59.6 Å². The van der Waals surface area contributed by atoms with Crippen LogP contribution in [0.4, 0.5) is 0 Å². The van der Waals surface area contributed by atoms with Gasteiger partial charge in [-0.3, -0.25) is 4.79 Å². The van der Waals surface area contributed by atoms with E-state index in [9.17, 15) is 4.79 Å². The van der Waals surface area contributed by atoms with Crippen LogP contribution in [0.1, 0.15) is 36.5 Å². The molecule has 5 nitrogen and oxygen atoms in total. The zero-order valence-electron chi connectivity index (χ0n) is 13.7. The molecule has 1 aliphatic rings. The molecular weight excluding hydrogens is 316 g/mol. The maximum Gasteiger partial charge on any atom is 0.251 e. The van der Waals surface area contributed by atoms with Gasteiger partial charge in [-0.2, -0.15) is 0 Å². The maximum atomic E-state index is 12.0. The van der Waals surface area contributed by atoms with Crippen LogP contribution < -0.4 is 15.4 Å². The molecule has 1 aliphatic heterocycles. The molecule has 1 saturated heterocycles. The second-order valence-electron chi connectivity index (χ2n) is 5.48. The molecule has 23 heavy (non-hydrogen) atoms. The van der Waals surface area contributed by atoms with Gasteiger partial charge in [-0.1, -0.05) is 6.92 Å². The van der Waals surface area contributed by atoms with Crippen LogP contribution in [0.5, 0.6) is 5.75 Å². The Kier molecular flexibility index (Phi) is 9.67. The van der Waals surface area contributed by atoms with Crippen molar-refractivity contribution in [2.75, 3.05) is 32.8 Å². The number of ether oxygens (including phenoxy) is 2. The van der Waals surface area contributed by atoms with E-state index in [0.717, 1.165) is 44.7 Å². The van der Waals surface area contributed by atoms with E-state index < -0.39 is 0 Å². The van der Waals surface area contributed by atoms with Crippen LogP contribution in [0.25, 0.3) is 0 Å². The summed E-state index contributed by atoms with van der Waals surface area (Å²) in [5.41, 5.74) is 0.653. The highest BCUT2D eigenvalue weighted by atomic mass is 35.5. The molecule has 0 saturated carbocycles. The summed E-state index contributed by atoms with van der Waals surface area (Å²) in [4.78, 5) is 12.0. The van der Waals surface area contributed by atoms with Gasteiger partial charge in [-0.05, 0) is 50.1 Å². The molecule has 2 rings (SSSR count). The molecule has 6 heteroatoms. The van der Waals surface area contributed by atoms with E-state index in [0.29, 0.717) is 18.7 Å². The van der Waals surface area contributed by atoms with E-state index in [2.05, 4.69) is 17.6 Å². The predicted molar refractivity (Wildman–Crippen MR) is 93.7 cm³/mol. The molecule has 0 bridgehead atoms. The Labute approximate surface area is 144 Å². The lowest BCUT2D eigenvalue weighted by molar-refractivity contribution is 0.0679. The Morgan fingerprint density at radius 2 is 2.04 bits per heavy atom. The first-order chi connectivity index (χ1) is 10.8. The number of carbonyl (C=O) groups excluding carboxylic acids is 1. The summed E-state index contributed by atoms with van der Waals surface area (Å²) in [6.07, 6.45) is 3.48. The molecule has 1 amide bonds. The number of rotatable bonds is 9. The lowest BCUT2D eigenvalue weighted by Crippen LogP contribution is -2.32. The summed E-state index contributed by atoms with van der Waals surface area (Å²) in [5, 5.41) is 6.14. The second-order valence-corrected chi connectivity index (χ2v) is 5.48. The van der Waals surface area contributed by atoms with E-state index in [1.807, 2.05) is 12.1 Å². The number of carbonyl (C=O) groups is 1. The van der Waals surface area contributed by atoms with Gasteiger partial charge in [0.05, 0.1) is 6.10 Å². The van der Waals surface area contributed by atoms with Crippen LogP contribution in [-0.4, -0.2) is 44.9 Å². The first-order valence-electron chi connectivity index (χ1n) is 8.13. The van der Waals surface area contributed by atoms with Crippen LogP contribution in [-0.2, 0) is 4.74 Å². The quantitative estimate of drug-likeness (QED) is 0.676. The third-order valence-corrected chi connectivity index (χ3v) is 3.59. The number of halogens is 1. The second kappa shape index (κ2) is 11.3. The Hall–Kier alpha value is -1.30. The molecule has 1 fully saturated rings. The minimum absolute atomic E-state index is 0. The summed E-state index contributed by atoms with van der Waals surface area (Å²) in [5.74, 6) is 0.723. The molecule has 1 unspecified atom stereocenters. The average molecular weight is 343 g/mol. The van der Waals surface area contributed by atoms with Gasteiger partial charge in [0, 0.05) is 25.3 Å².